The lowest BCUT2D eigenvalue weighted by atomic mass is 10.1. The number of hydrogen-bond acceptors (Lipinski definition) is 3. The first-order valence-electron chi connectivity index (χ1n) is 5.58. The Labute approximate surface area is 99.6 Å². The van der Waals surface area contributed by atoms with E-state index in [-0.39, 0.29) is 12.7 Å². The summed E-state index contributed by atoms with van der Waals surface area (Å²) >= 11 is 0. The normalized spacial score (nSPS) is 12.6. The Morgan fingerprint density at radius 1 is 1.29 bits per heavy atom. The van der Waals surface area contributed by atoms with Crippen LogP contribution in [0.1, 0.15) is 12.5 Å². The van der Waals surface area contributed by atoms with Crippen molar-refractivity contribution in [3.8, 4) is 11.3 Å². The molecule has 2 aromatic rings. The minimum absolute atomic E-state index is 0.106. The molecule has 90 valence electrons. The van der Waals surface area contributed by atoms with Crippen molar-refractivity contribution < 1.29 is 8.91 Å². The van der Waals surface area contributed by atoms with Crippen LogP contribution in [0.2, 0.25) is 0 Å². The van der Waals surface area contributed by atoms with Gasteiger partial charge in [-0.3, -0.25) is 0 Å². The average Bonchev–Trinajstić information content (AvgIpc) is 2.90. The molecule has 1 aromatic heterocycles. The number of aromatic nitrogens is 1. The monoisotopic (exact) mass is 234 g/mol. The molecular weight excluding hydrogens is 219 g/mol. The van der Waals surface area contributed by atoms with E-state index in [0.717, 1.165) is 16.8 Å². The number of hydrogen-bond donors (Lipinski definition) is 1. The predicted molar refractivity (Wildman–Crippen MR) is 64.2 cm³/mol. The molecule has 4 heteroatoms. The van der Waals surface area contributed by atoms with Crippen LogP contribution in [-0.4, -0.2) is 17.9 Å². The second-order valence-corrected chi connectivity index (χ2v) is 4.02. The molecule has 0 aliphatic rings. The van der Waals surface area contributed by atoms with Crippen molar-refractivity contribution in [2.24, 2.45) is 0 Å². The van der Waals surface area contributed by atoms with E-state index in [1.54, 1.807) is 6.26 Å². The van der Waals surface area contributed by atoms with E-state index in [1.807, 2.05) is 37.3 Å². The van der Waals surface area contributed by atoms with Crippen molar-refractivity contribution in [3.05, 3.63) is 42.2 Å². The topological polar surface area (TPSA) is 38.1 Å². The quantitative estimate of drug-likeness (QED) is 0.864. The number of rotatable bonds is 5. The fraction of sp³-hybridized carbons (Fsp3) is 0.308. The van der Waals surface area contributed by atoms with Crippen molar-refractivity contribution in [1.29, 1.82) is 0 Å². The molecule has 1 heterocycles. The maximum Gasteiger partial charge on any atom is 0.124 e. The Bertz CT molecular complexity index is 439. The summed E-state index contributed by atoms with van der Waals surface area (Å²) in [6.07, 6.45) is 1.55. The highest BCUT2D eigenvalue weighted by Gasteiger charge is 2.02. The van der Waals surface area contributed by atoms with Gasteiger partial charge in [0.15, 0.2) is 0 Å². The van der Waals surface area contributed by atoms with Crippen LogP contribution in [-0.2, 0) is 6.54 Å². The first-order valence-corrected chi connectivity index (χ1v) is 5.58. The molecular formula is C13H15FN2O. The summed E-state index contributed by atoms with van der Waals surface area (Å²) in [6.45, 7) is 2.14. The summed E-state index contributed by atoms with van der Waals surface area (Å²) in [6, 6.07) is 9.68. The zero-order valence-electron chi connectivity index (χ0n) is 9.69. The van der Waals surface area contributed by atoms with E-state index in [1.165, 1.54) is 0 Å². The Morgan fingerprint density at radius 2 is 2.06 bits per heavy atom. The highest BCUT2D eigenvalue weighted by atomic mass is 19.1. The van der Waals surface area contributed by atoms with E-state index in [0.29, 0.717) is 6.54 Å². The van der Waals surface area contributed by atoms with Gasteiger partial charge in [-0.15, -0.1) is 0 Å². The van der Waals surface area contributed by atoms with E-state index < -0.39 is 0 Å². The van der Waals surface area contributed by atoms with Crippen LogP contribution in [0.4, 0.5) is 4.39 Å². The molecule has 0 fully saturated rings. The van der Waals surface area contributed by atoms with Gasteiger partial charge in [0.2, 0.25) is 0 Å². The van der Waals surface area contributed by atoms with Crippen LogP contribution in [0.25, 0.3) is 11.3 Å². The average molecular weight is 234 g/mol. The van der Waals surface area contributed by atoms with Gasteiger partial charge in [0, 0.05) is 24.2 Å². The van der Waals surface area contributed by atoms with Crippen LogP contribution in [0.5, 0.6) is 0 Å². The third-order valence-electron chi connectivity index (χ3n) is 2.57. The largest absolute Gasteiger partial charge is 0.364 e. The van der Waals surface area contributed by atoms with Crippen molar-refractivity contribution >= 4 is 0 Å². The molecule has 2 rings (SSSR count). The second kappa shape index (κ2) is 5.59. The van der Waals surface area contributed by atoms with Gasteiger partial charge in [0.1, 0.15) is 18.6 Å². The molecule has 17 heavy (non-hydrogen) atoms. The number of nitrogens with one attached hydrogen (secondary N) is 1. The Balaban J connectivity index is 1.99. The summed E-state index contributed by atoms with van der Waals surface area (Å²) < 4.78 is 17.0. The molecule has 1 aromatic carbocycles. The maximum absolute atomic E-state index is 12.3. The smallest absolute Gasteiger partial charge is 0.124 e. The zero-order valence-corrected chi connectivity index (χ0v) is 9.69. The van der Waals surface area contributed by atoms with Crippen LogP contribution < -0.4 is 5.32 Å². The highest BCUT2D eigenvalue weighted by Crippen LogP contribution is 2.17. The molecule has 0 aliphatic carbocycles. The van der Waals surface area contributed by atoms with Crippen molar-refractivity contribution in [1.82, 2.24) is 10.5 Å². The molecule has 1 atom stereocenters. The second-order valence-electron chi connectivity index (χ2n) is 4.02. The molecule has 0 aliphatic heterocycles. The molecule has 3 nitrogen and oxygen atoms in total. The number of nitrogens with zero attached hydrogens (tertiary/aromatic N) is 1. The first kappa shape index (κ1) is 11.8. The summed E-state index contributed by atoms with van der Waals surface area (Å²) in [5.41, 5.74) is 2.96. The van der Waals surface area contributed by atoms with E-state index in [2.05, 4.69) is 10.5 Å². The molecule has 0 saturated heterocycles. The van der Waals surface area contributed by atoms with Gasteiger partial charge >= 0.3 is 0 Å². The van der Waals surface area contributed by atoms with Gasteiger partial charge in [-0.25, -0.2) is 4.39 Å². The Hall–Kier alpha value is -1.68. The first-order chi connectivity index (χ1) is 8.29. The van der Waals surface area contributed by atoms with Gasteiger partial charge in [0.05, 0.1) is 0 Å². The van der Waals surface area contributed by atoms with Crippen molar-refractivity contribution in [3.63, 3.8) is 0 Å². The van der Waals surface area contributed by atoms with Gasteiger partial charge in [-0.1, -0.05) is 29.4 Å². The lowest BCUT2D eigenvalue weighted by Gasteiger charge is -2.09. The summed E-state index contributed by atoms with van der Waals surface area (Å²) in [5, 5.41) is 6.96. The third-order valence-corrected chi connectivity index (χ3v) is 2.57. The van der Waals surface area contributed by atoms with Crippen LogP contribution in [0, 0.1) is 0 Å². The van der Waals surface area contributed by atoms with Crippen LogP contribution in [0.3, 0.4) is 0 Å². The third kappa shape index (κ3) is 3.14. The van der Waals surface area contributed by atoms with Crippen molar-refractivity contribution in [2.45, 2.75) is 19.5 Å². The minimum atomic E-state index is -0.350. The predicted octanol–water partition coefficient (Wildman–Crippen LogP) is 2.79. The number of alkyl halides is 1. The fourth-order valence-corrected chi connectivity index (χ4v) is 1.50. The minimum Gasteiger partial charge on any atom is -0.364 e. The molecule has 0 amide bonds. The molecule has 0 saturated carbocycles. The Morgan fingerprint density at radius 3 is 2.65 bits per heavy atom. The number of halogens is 1. The van der Waals surface area contributed by atoms with Crippen LogP contribution >= 0.6 is 0 Å². The molecule has 0 radical (unpaired) electrons. The van der Waals surface area contributed by atoms with E-state index in [4.69, 9.17) is 4.52 Å². The van der Waals surface area contributed by atoms with Gasteiger partial charge in [0.25, 0.3) is 0 Å². The lowest BCUT2D eigenvalue weighted by Crippen LogP contribution is -2.27. The van der Waals surface area contributed by atoms with Crippen molar-refractivity contribution in [2.75, 3.05) is 6.67 Å². The SMILES string of the molecule is CC(CF)NCc1ccc(-c2ccon2)cc1. The van der Waals surface area contributed by atoms with Gasteiger partial charge in [-0.2, -0.15) is 0 Å². The highest BCUT2D eigenvalue weighted by molar-refractivity contribution is 5.58. The fourth-order valence-electron chi connectivity index (χ4n) is 1.50. The summed E-state index contributed by atoms with van der Waals surface area (Å²) in [5.74, 6) is 0. The van der Waals surface area contributed by atoms with Gasteiger partial charge < -0.3 is 9.84 Å². The van der Waals surface area contributed by atoms with Gasteiger partial charge in [-0.05, 0) is 12.5 Å². The summed E-state index contributed by atoms with van der Waals surface area (Å²) in [4.78, 5) is 0. The standard InChI is InChI=1S/C13H15FN2O/c1-10(8-14)15-9-11-2-4-12(5-3-11)13-6-7-17-16-13/h2-7,10,15H,8-9H2,1H3. The van der Waals surface area contributed by atoms with E-state index in [9.17, 15) is 4.39 Å². The zero-order chi connectivity index (χ0) is 12.1. The molecule has 0 bridgehead atoms. The summed E-state index contributed by atoms with van der Waals surface area (Å²) in [7, 11) is 0. The van der Waals surface area contributed by atoms with E-state index >= 15 is 0 Å². The number of benzene rings is 1. The lowest BCUT2D eigenvalue weighted by molar-refractivity contribution is 0.391. The molecule has 1 N–H and O–H groups in total. The maximum atomic E-state index is 12.3. The van der Waals surface area contributed by atoms with Crippen LogP contribution in [0.15, 0.2) is 41.1 Å². The Kier molecular flexibility index (Phi) is 3.88. The molecule has 0 spiro atoms. The molecule has 1 unspecified atom stereocenters.